The molecule has 0 spiro atoms. The van der Waals surface area contributed by atoms with Crippen molar-refractivity contribution in [2.45, 2.75) is 43.0 Å². The van der Waals surface area contributed by atoms with Crippen LogP contribution in [0.25, 0.3) is 32.9 Å². The number of anilines is 2. The highest BCUT2D eigenvalue weighted by Crippen LogP contribution is 2.36. The minimum Gasteiger partial charge on any atom is -0.368 e. The lowest BCUT2D eigenvalue weighted by atomic mass is 9.95. The fourth-order valence-electron chi connectivity index (χ4n) is 5.15. The Hall–Kier alpha value is -3.91. The summed E-state index contributed by atoms with van der Waals surface area (Å²) in [6.07, 6.45) is 7.60. The molecule has 0 aliphatic heterocycles. The van der Waals surface area contributed by atoms with Crippen LogP contribution in [0.3, 0.4) is 0 Å². The maximum atomic E-state index is 13.5. The first-order chi connectivity index (χ1) is 17.5. The third-order valence-corrected chi connectivity index (χ3v) is 8.64. The molecule has 3 N–H and O–H groups in total. The van der Waals surface area contributed by atoms with Gasteiger partial charge in [0.1, 0.15) is 5.82 Å². The van der Waals surface area contributed by atoms with Crippen molar-refractivity contribution in [1.82, 2.24) is 13.9 Å². The zero-order valence-corrected chi connectivity index (χ0v) is 20.6. The highest BCUT2D eigenvalue weighted by molar-refractivity contribution is 7.90. The molecular weight excluding hydrogens is 470 g/mol. The van der Waals surface area contributed by atoms with Crippen LogP contribution in [0.4, 0.5) is 11.8 Å². The summed E-state index contributed by atoms with van der Waals surface area (Å²) >= 11 is 0. The second-order valence-electron chi connectivity index (χ2n) is 9.32. The molecule has 5 aromatic rings. The lowest BCUT2D eigenvalue weighted by Crippen LogP contribution is -2.23. The molecule has 2 heterocycles. The third kappa shape index (κ3) is 3.97. The summed E-state index contributed by atoms with van der Waals surface area (Å²) in [5.41, 5.74) is 9.13. The number of nitrogens with one attached hydrogen (secondary N) is 1. The first kappa shape index (κ1) is 22.5. The van der Waals surface area contributed by atoms with Gasteiger partial charge in [0.2, 0.25) is 5.95 Å². The number of para-hydroxylation sites is 1. The van der Waals surface area contributed by atoms with E-state index in [1.165, 1.54) is 23.2 Å². The van der Waals surface area contributed by atoms with Crippen LogP contribution in [-0.2, 0) is 10.0 Å². The number of hydrogen-bond donors (Lipinski definition) is 2. The summed E-state index contributed by atoms with van der Waals surface area (Å²) in [5.74, 6) is 0.964. The van der Waals surface area contributed by atoms with Gasteiger partial charge in [0, 0.05) is 28.6 Å². The lowest BCUT2D eigenvalue weighted by molar-refractivity contribution is 0.462. The van der Waals surface area contributed by atoms with Gasteiger partial charge in [-0.2, -0.15) is 4.98 Å². The monoisotopic (exact) mass is 497 g/mol. The Morgan fingerprint density at radius 1 is 0.861 bits per heavy atom. The van der Waals surface area contributed by atoms with Gasteiger partial charge in [-0.05, 0) is 48.7 Å². The Labute approximate surface area is 210 Å². The number of benzene rings is 3. The zero-order chi connectivity index (χ0) is 24.7. The highest BCUT2D eigenvalue weighted by atomic mass is 32.2. The lowest BCUT2D eigenvalue weighted by Gasteiger charge is -2.24. The van der Waals surface area contributed by atoms with Gasteiger partial charge in [0.05, 0.1) is 15.9 Å². The molecule has 7 nitrogen and oxygen atoms in total. The molecule has 2 aromatic heterocycles. The Bertz CT molecular complexity index is 1670. The van der Waals surface area contributed by atoms with E-state index in [0.717, 1.165) is 46.1 Å². The minimum atomic E-state index is -3.77. The molecule has 1 aliphatic rings. The van der Waals surface area contributed by atoms with Crippen molar-refractivity contribution < 1.29 is 8.42 Å². The van der Waals surface area contributed by atoms with E-state index in [1.807, 2.05) is 42.5 Å². The van der Waals surface area contributed by atoms with Crippen LogP contribution in [0.15, 0.2) is 83.9 Å². The normalized spacial score (nSPS) is 14.9. The van der Waals surface area contributed by atoms with Gasteiger partial charge in [-0.3, -0.25) is 0 Å². The first-order valence-electron chi connectivity index (χ1n) is 12.3. The summed E-state index contributed by atoms with van der Waals surface area (Å²) in [4.78, 5) is 9.22. The van der Waals surface area contributed by atoms with Crippen molar-refractivity contribution in [2.75, 3.05) is 11.1 Å². The largest absolute Gasteiger partial charge is 0.368 e. The van der Waals surface area contributed by atoms with Gasteiger partial charge in [-0.1, -0.05) is 61.7 Å². The molecule has 0 amide bonds. The summed E-state index contributed by atoms with van der Waals surface area (Å²) in [6, 6.07) is 22.3. The van der Waals surface area contributed by atoms with Gasteiger partial charge in [-0.15, -0.1) is 0 Å². The molecule has 182 valence electrons. The molecule has 0 bridgehead atoms. The average molecular weight is 498 g/mol. The van der Waals surface area contributed by atoms with Crippen molar-refractivity contribution in [3.05, 3.63) is 79.0 Å². The average Bonchev–Trinajstić information content (AvgIpc) is 3.30. The van der Waals surface area contributed by atoms with E-state index < -0.39 is 10.0 Å². The van der Waals surface area contributed by atoms with E-state index in [4.69, 9.17) is 5.73 Å². The molecule has 8 heteroatoms. The Kier molecular flexibility index (Phi) is 5.60. The number of nitrogen functional groups attached to an aromatic ring is 1. The van der Waals surface area contributed by atoms with E-state index in [0.29, 0.717) is 11.6 Å². The second-order valence-corrected chi connectivity index (χ2v) is 11.1. The number of hydrogen-bond acceptors (Lipinski definition) is 6. The van der Waals surface area contributed by atoms with E-state index in [-0.39, 0.29) is 10.8 Å². The highest BCUT2D eigenvalue weighted by Gasteiger charge is 2.22. The van der Waals surface area contributed by atoms with Crippen molar-refractivity contribution in [3.63, 3.8) is 0 Å². The summed E-state index contributed by atoms with van der Waals surface area (Å²) in [7, 11) is -3.77. The van der Waals surface area contributed by atoms with Gasteiger partial charge < -0.3 is 11.1 Å². The van der Waals surface area contributed by atoms with Crippen LogP contribution >= 0.6 is 0 Å². The molecule has 1 fully saturated rings. The fraction of sp³-hybridized carbons (Fsp3) is 0.214. The molecule has 36 heavy (non-hydrogen) atoms. The van der Waals surface area contributed by atoms with Gasteiger partial charge in [0.25, 0.3) is 10.0 Å². The maximum Gasteiger partial charge on any atom is 0.268 e. The van der Waals surface area contributed by atoms with E-state index >= 15 is 0 Å². The number of nitrogens with two attached hydrogens (primary N) is 1. The molecule has 0 unspecified atom stereocenters. The summed E-state index contributed by atoms with van der Waals surface area (Å²) < 4.78 is 28.4. The van der Waals surface area contributed by atoms with Crippen molar-refractivity contribution in [2.24, 2.45) is 0 Å². The molecule has 3 aromatic carbocycles. The maximum absolute atomic E-state index is 13.5. The minimum absolute atomic E-state index is 0.235. The smallest absolute Gasteiger partial charge is 0.268 e. The number of rotatable bonds is 5. The predicted molar refractivity (Wildman–Crippen MR) is 144 cm³/mol. The van der Waals surface area contributed by atoms with Crippen LogP contribution in [0.1, 0.15) is 32.1 Å². The first-order valence-corrected chi connectivity index (χ1v) is 13.7. The van der Waals surface area contributed by atoms with Crippen LogP contribution in [0.2, 0.25) is 0 Å². The van der Waals surface area contributed by atoms with Crippen molar-refractivity contribution in [3.8, 4) is 11.1 Å². The molecule has 0 radical (unpaired) electrons. The Morgan fingerprint density at radius 2 is 1.61 bits per heavy atom. The van der Waals surface area contributed by atoms with Crippen LogP contribution in [0, 0.1) is 0 Å². The Morgan fingerprint density at radius 3 is 2.42 bits per heavy atom. The SMILES string of the molecule is Nc1nc(NC2CCCCC2)c2cc(-c3cn(S(=O)(=O)c4ccccc4)c4ccccc34)ccc2n1. The number of fused-ring (bicyclic) bond motifs is 2. The van der Waals surface area contributed by atoms with Crippen molar-refractivity contribution in [1.29, 1.82) is 0 Å². The molecular formula is C28H27N5O2S. The standard InChI is InChI=1S/C28H27N5O2S/c29-28-31-25-16-15-19(17-23(25)27(32-28)30-20-9-3-1-4-10-20)24-18-33(26-14-8-7-13-22(24)26)36(34,35)21-11-5-2-6-12-21/h2,5-8,11-18,20H,1,3-4,9-10H2,(H3,29,30,31,32). The second kappa shape index (κ2) is 8.95. The summed E-state index contributed by atoms with van der Waals surface area (Å²) in [6.45, 7) is 0. The molecule has 0 atom stereocenters. The topological polar surface area (TPSA) is 103 Å². The summed E-state index contributed by atoms with van der Waals surface area (Å²) in [5, 5.41) is 5.33. The van der Waals surface area contributed by atoms with E-state index in [9.17, 15) is 8.42 Å². The molecule has 1 aliphatic carbocycles. The van der Waals surface area contributed by atoms with Gasteiger partial charge in [-0.25, -0.2) is 17.4 Å². The van der Waals surface area contributed by atoms with Crippen molar-refractivity contribution >= 4 is 43.6 Å². The van der Waals surface area contributed by atoms with Gasteiger partial charge >= 0.3 is 0 Å². The van der Waals surface area contributed by atoms with Crippen LogP contribution in [-0.4, -0.2) is 28.4 Å². The van der Waals surface area contributed by atoms with E-state index in [2.05, 4.69) is 15.3 Å². The van der Waals surface area contributed by atoms with Crippen LogP contribution in [0.5, 0.6) is 0 Å². The molecule has 0 saturated heterocycles. The third-order valence-electron chi connectivity index (χ3n) is 6.95. The quantitative estimate of drug-likeness (QED) is 0.317. The Balaban J connectivity index is 1.50. The predicted octanol–water partition coefficient (Wildman–Crippen LogP) is 5.82. The fourth-order valence-corrected chi connectivity index (χ4v) is 6.54. The zero-order valence-electron chi connectivity index (χ0n) is 19.8. The number of nitrogens with zero attached hydrogens (tertiary/aromatic N) is 3. The van der Waals surface area contributed by atoms with E-state index in [1.54, 1.807) is 36.5 Å². The molecule has 1 saturated carbocycles. The van der Waals surface area contributed by atoms with Gasteiger partial charge in [0.15, 0.2) is 0 Å². The molecule has 6 rings (SSSR count). The number of aromatic nitrogens is 3. The van der Waals surface area contributed by atoms with Crippen LogP contribution < -0.4 is 11.1 Å².